The molecule has 2 saturated heterocycles. The Bertz CT molecular complexity index is 374. The summed E-state index contributed by atoms with van der Waals surface area (Å²) in [7, 11) is 0. The maximum atomic E-state index is 11.9. The third kappa shape index (κ3) is 1.25. The fraction of sp³-hybridized carbons (Fsp3) is 0.778. The summed E-state index contributed by atoms with van der Waals surface area (Å²) in [4.78, 5) is 23.6. The topological polar surface area (TPSA) is 83.6 Å². The lowest BCUT2D eigenvalue weighted by Crippen LogP contribution is -2.75. The molecule has 2 fully saturated rings. The first-order valence-electron chi connectivity index (χ1n) is 4.83. The number of carbonyl (C=O) groups is 2. The predicted octanol–water partition coefficient (Wildman–Crippen LogP) is 0.151. The van der Waals surface area contributed by atoms with Crippen molar-refractivity contribution >= 4 is 35.4 Å². The number of thioether (sulfide) groups is 2. The SMILES string of the molecule is CS[C@@]1(N)C(=O)N2[C@@H](C(=O)O)C(C)(C)S[C@@H]21. The third-order valence-corrected chi connectivity index (χ3v) is 5.99. The van der Waals surface area contributed by atoms with Gasteiger partial charge >= 0.3 is 5.97 Å². The molecule has 0 spiro atoms. The molecule has 7 heteroatoms. The van der Waals surface area contributed by atoms with Crippen LogP contribution in [0.15, 0.2) is 0 Å². The largest absolute Gasteiger partial charge is 0.480 e. The zero-order chi connectivity index (χ0) is 12.3. The number of rotatable bonds is 2. The normalized spacial score (nSPS) is 40.5. The molecule has 16 heavy (non-hydrogen) atoms. The number of nitrogens with zero attached hydrogens (tertiary/aromatic N) is 1. The van der Waals surface area contributed by atoms with E-state index in [1.807, 2.05) is 13.8 Å². The van der Waals surface area contributed by atoms with Gasteiger partial charge in [-0.2, -0.15) is 0 Å². The van der Waals surface area contributed by atoms with Gasteiger partial charge in [-0.15, -0.1) is 23.5 Å². The molecule has 3 atom stereocenters. The number of hydrogen-bond donors (Lipinski definition) is 2. The van der Waals surface area contributed by atoms with Crippen LogP contribution >= 0.6 is 23.5 Å². The molecule has 0 radical (unpaired) electrons. The number of amides is 1. The second-order valence-electron chi connectivity index (χ2n) is 4.52. The summed E-state index contributed by atoms with van der Waals surface area (Å²) in [6.45, 7) is 3.67. The van der Waals surface area contributed by atoms with Gasteiger partial charge in [-0.3, -0.25) is 4.79 Å². The Morgan fingerprint density at radius 1 is 1.62 bits per heavy atom. The van der Waals surface area contributed by atoms with Gasteiger partial charge in [0.2, 0.25) is 0 Å². The van der Waals surface area contributed by atoms with Gasteiger partial charge in [0.15, 0.2) is 4.87 Å². The minimum atomic E-state index is -0.962. The van der Waals surface area contributed by atoms with Crippen LogP contribution in [0.4, 0.5) is 0 Å². The van der Waals surface area contributed by atoms with E-state index in [-0.39, 0.29) is 11.3 Å². The van der Waals surface area contributed by atoms with Gasteiger partial charge in [-0.1, -0.05) is 0 Å². The summed E-state index contributed by atoms with van der Waals surface area (Å²) >= 11 is 2.75. The molecule has 0 aliphatic carbocycles. The van der Waals surface area contributed by atoms with Crippen molar-refractivity contribution in [2.75, 3.05) is 6.26 Å². The Morgan fingerprint density at radius 2 is 2.19 bits per heavy atom. The molecule has 5 nitrogen and oxygen atoms in total. The Hall–Kier alpha value is -0.400. The van der Waals surface area contributed by atoms with Crippen molar-refractivity contribution < 1.29 is 14.7 Å². The maximum Gasteiger partial charge on any atom is 0.327 e. The van der Waals surface area contributed by atoms with Gasteiger partial charge in [-0.25, -0.2) is 4.79 Å². The summed E-state index contributed by atoms with van der Waals surface area (Å²) in [6.07, 6.45) is 1.77. The van der Waals surface area contributed by atoms with Gasteiger partial charge in [0.25, 0.3) is 5.91 Å². The molecule has 2 aliphatic rings. The number of carboxylic acid groups (broad SMARTS) is 1. The van der Waals surface area contributed by atoms with Crippen LogP contribution in [0.3, 0.4) is 0 Å². The first-order chi connectivity index (χ1) is 7.25. The highest BCUT2D eigenvalue weighted by Crippen LogP contribution is 2.56. The summed E-state index contributed by atoms with van der Waals surface area (Å²) in [5.41, 5.74) is 5.97. The van der Waals surface area contributed by atoms with E-state index in [0.717, 1.165) is 0 Å². The van der Waals surface area contributed by atoms with E-state index in [4.69, 9.17) is 5.73 Å². The smallest absolute Gasteiger partial charge is 0.327 e. The minimum absolute atomic E-state index is 0.230. The number of carbonyl (C=O) groups excluding carboxylic acids is 1. The summed E-state index contributed by atoms with van der Waals surface area (Å²) in [5, 5.41) is 8.95. The average Bonchev–Trinajstić information content (AvgIpc) is 2.46. The van der Waals surface area contributed by atoms with Crippen LogP contribution in [0.1, 0.15) is 13.8 Å². The van der Waals surface area contributed by atoms with Crippen LogP contribution in [-0.2, 0) is 9.59 Å². The van der Waals surface area contributed by atoms with E-state index in [2.05, 4.69) is 0 Å². The van der Waals surface area contributed by atoms with Crippen molar-refractivity contribution in [3.8, 4) is 0 Å². The Balaban J connectivity index is 2.35. The van der Waals surface area contributed by atoms with Crippen molar-refractivity contribution in [3.63, 3.8) is 0 Å². The molecule has 2 heterocycles. The summed E-state index contributed by atoms with van der Waals surface area (Å²) in [6, 6.07) is -0.779. The number of nitrogens with two attached hydrogens (primary N) is 1. The highest BCUT2D eigenvalue weighted by molar-refractivity contribution is 8.05. The van der Waals surface area contributed by atoms with Crippen LogP contribution < -0.4 is 5.73 Å². The fourth-order valence-electron chi connectivity index (χ4n) is 2.24. The van der Waals surface area contributed by atoms with Crippen LogP contribution in [0.5, 0.6) is 0 Å². The molecule has 0 aromatic rings. The predicted molar refractivity (Wildman–Crippen MR) is 64.2 cm³/mol. The van der Waals surface area contributed by atoms with E-state index in [1.165, 1.54) is 28.4 Å². The number of carboxylic acids is 1. The average molecular weight is 262 g/mol. The van der Waals surface area contributed by atoms with Crippen LogP contribution in [0.25, 0.3) is 0 Å². The standard InChI is InChI=1S/C9H14N2O3S2/c1-8(2)4(5(12)13)11-6(14)9(10,15-3)7(11)16-8/h4,7H,10H2,1-3H3,(H,12,13)/t4-,7+,9-/m0/s1. The molecule has 2 rings (SSSR count). The third-order valence-electron chi connectivity index (χ3n) is 3.11. The minimum Gasteiger partial charge on any atom is -0.480 e. The lowest BCUT2D eigenvalue weighted by atomic mass is 9.96. The van der Waals surface area contributed by atoms with Crippen molar-refractivity contribution in [1.82, 2.24) is 4.90 Å². The van der Waals surface area contributed by atoms with Gasteiger partial charge in [0.05, 0.1) is 0 Å². The van der Waals surface area contributed by atoms with Gasteiger partial charge in [0, 0.05) is 4.75 Å². The van der Waals surface area contributed by atoms with Crippen molar-refractivity contribution in [3.05, 3.63) is 0 Å². The molecule has 0 bridgehead atoms. The lowest BCUT2D eigenvalue weighted by molar-refractivity contribution is -0.160. The second-order valence-corrected chi connectivity index (χ2v) is 7.34. The van der Waals surface area contributed by atoms with E-state index >= 15 is 0 Å². The Kier molecular flexibility index (Phi) is 2.49. The highest BCUT2D eigenvalue weighted by Gasteiger charge is 2.69. The number of hydrogen-bond acceptors (Lipinski definition) is 5. The second kappa shape index (κ2) is 3.30. The molecule has 3 N–H and O–H groups in total. The zero-order valence-corrected chi connectivity index (χ0v) is 10.9. The molecule has 0 unspecified atom stereocenters. The molecule has 90 valence electrons. The summed E-state index contributed by atoms with van der Waals surface area (Å²) < 4.78 is -0.497. The highest BCUT2D eigenvalue weighted by atomic mass is 32.2. The van der Waals surface area contributed by atoms with Gasteiger partial charge < -0.3 is 15.7 Å². The van der Waals surface area contributed by atoms with E-state index in [9.17, 15) is 14.7 Å². The first kappa shape index (κ1) is 12.1. The first-order valence-corrected chi connectivity index (χ1v) is 6.93. The lowest BCUT2D eigenvalue weighted by Gasteiger charge is -2.49. The molecular weight excluding hydrogens is 248 g/mol. The monoisotopic (exact) mass is 262 g/mol. The zero-order valence-electron chi connectivity index (χ0n) is 9.26. The molecule has 1 amide bonds. The van der Waals surface area contributed by atoms with Gasteiger partial charge in [0.1, 0.15) is 11.4 Å². The molecular formula is C9H14N2O3S2. The van der Waals surface area contributed by atoms with E-state index < -0.39 is 21.6 Å². The summed E-state index contributed by atoms with van der Waals surface area (Å²) in [5.74, 6) is -1.23. The maximum absolute atomic E-state index is 11.9. The van der Waals surface area contributed by atoms with Gasteiger partial charge in [-0.05, 0) is 20.1 Å². The van der Waals surface area contributed by atoms with Crippen molar-refractivity contribution in [1.29, 1.82) is 0 Å². The van der Waals surface area contributed by atoms with Crippen LogP contribution in [0.2, 0.25) is 0 Å². The number of aliphatic carboxylic acids is 1. The Morgan fingerprint density at radius 3 is 2.62 bits per heavy atom. The van der Waals surface area contributed by atoms with E-state index in [1.54, 1.807) is 6.26 Å². The van der Waals surface area contributed by atoms with Crippen LogP contribution in [0, 0.1) is 0 Å². The molecule has 0 aromatic heterocycles. The number of fused-ring (bicyclic) bond motifs is 1. The fourth-order valence-corrected chi connectivity index (χ4v) is 4.80. The van der Waals surface area contributed by atoms with Crippen molar-refractivity contribution in [2.24, 2.45) is 5.73 Å². The number of β-lactam (4-membered cyclic amide) rings is 1. The molecule has 0 aromatic carbocycles. The quantitative estimate of drug-likeness (QED) is 0.544. The van der Waals surface area contributed by atoms with Crippen molar-refractivity contribution in [2.45, 2.75) is 34.9 Å². The van der Waals surface area contributed by atoms with E-state index in [0.29, 0.717) is 0 Å². The Labute approximate surface area is 102 Å². The van der Waals surface area contributed by atoms with Crippen LogP contribution in [-0.4, -0.2) is 49.2 Å². The molecule has 0 saturated carbocycles. The molecule has 2 aliphatic heterocycles.